The predicted octanol–water partition coefficient (Wildman–Crippen LogP) is 4.65. The van der Waals surface area contributed by atoms with Crippen molar-refractivity contribution >= 4 is 22.8 Å². The summed E-state index contributed by atoms with van der Waals surface area (Å²) < 4.78 is 11.0. The summed E-state index contributed by atoms with van der Waals surface area (Å²) in [6.45, 7) is 3.70. The summed E-state index contributed by atoms with van der Waals surface area (Å²) in [6.07, 6.45) is 4.41. The Morgan fingerprint density at radius 3 is 2.73 bits per heavy atom. The van der Waals surface area contributed by atoms with Crippen LogP contribution in [0.5, 0.6) is 0 Å². The van der Waals surface area contributed by atoms with E-state index in [9.17, 15) is 9.59 Å². The highest BCUT2D eigenvalue weighted by molar-refractivity contribution is 6.05. The van der Waals surface area contributed by atoms with Crippen molar-refractivity contribution in [1.82, 2.24) is 10.3 Å². The van der Waals surface area contributed by atoms with Gasteiger partial charge >= 0.3 is 5.97 Å². The van der Waals surface area contributed by atoms with Crippen molar-refractivity contribution in [1.29, 1.82) is 0 Å². The molecule has 30 heavy (non-hydrogen) atoms. The summed E-state index contributed by atoms with van der Waals surface area (Å²) in [5, 5.41) is 3.69. The minimum atomic E-state index is -0.551. The van der Waals surface area contributed by atoms with Gasteiger partial charge in [0.25, 0.3) is 5.91 Å². The van der Waals surface area contributed by atoms with Gasteiger partial charge in [-0.1, -0.05) is 38.0 Å². The van der Waals surface area contributed by atoms with Crippen molar-refractivity contribution in [3.8, 4) is 11.5 Å². The van der Waals surface area contributed by atoms with Gasteiger partial charge in [-0.25, -0.2) is 9.78 Å². The van der Waals surface area contributed by atoms with Crippen molar-refractivity contribution in [2.75, 3.05) is 6.61 Å². The number of esters is 1. The average molecular weight is 406 g/mol. The standard InChI is InChI=1S/C24H26N2O4/c1-15-7-3-5-9-19(15)26-23(27)14-29-24(28)18-13-21(22-12-11-16(2)30-22)25-20-10-6-4-8-17(18)20/h4,6,8,10-13,15,19H,3,5,7,9,14H2,1-2H3,(H,26,27). The number of furan rings is 1. The van der Waals surface area contributed by atoms with Crippen molar-refractivity contribution in [3.63, 3.8) is 0 Å². The van der Waals surface area contributed by atoms with Gasteiger partial charge in [0.1, 0.15) is 11.5 Å². The molecular weight excluding hydrogens is 380 g/mol. The van der Waals surface area contributed by atoms with Crippen LogP contribution >= 0.6 is 0 Å². The number of aryl methyl sites for hydroxylation is 1. The second-order valence-corrected chi connectivity index (χ2v) is 7.99. The van der Waals surface area contributed by atoms with E-state index in [4.69, 9.17) is 9.15 Å². The van der Waals surface area contributed by atoms with Gasteiger partial charge in [-0.2, -0.15) is 0 Å². The van der Waals surface area contributed by atoms with E-state index in [-0.39, 0.29) is 18.6 Å². The zero-order valence-corrected chi connectivity index (χ0v) is 17.3. The molecule has 1 aromatic carbocycles. The van der Waals surface area contributed by atoms with Crippen molar-refractivity contribution in [2.45, 2.75) is 45.6 Å². The number of fused-ring (bicyclic) bond motifs is 1. The van der Waals surface area contributed by atoms with E-state index in [1.54, 1.807) is 6.07 Å². The van der Waals surface area contributed by atoms with Crippen LogP contribution in [0.25, 0.3) is 22.4 Å². The highest BCUT2D eigenvalue weighted by Crippen LogP contribution is 2.27. The molecule has 2 atom stereocenters. The van der Waals surface area contributed by atoms with Gasteiger partial charge in [0.15, 0.2) is 12.4 Å². The topological polar surface area (TPSA) is 81.4 Å². The van der Waals surface area contributed by atoms with Crippen LogP contribution in [-0.2, 0) is 9.53 Å². The van der Waals surface area contributed by atoms with Crippen LogP contribution in [0.15, 0.2) is 46.9 Å². The molecule has 0 bridgehead atoms. The van der Waals surface area contributed by atoms with Gasteiger partial charge in [-0.3, -0.25) is 4.79 Å². The number of ether oxygens (including phenoxy) is 1. The molecule has 1 amide bonds. The summed E-state index contributed by atoms with van der Waals surface area (Å²) in [5.74, 6) is 0.975. The fourth-order valence-electron chi connectivity index (χ4n) is 4.03. The smallest absolute Gasteiger partial charge is 0.339 e. The molecule has 1 aliphatic carbocycles. The summed E-state index contributed by atoms with van der Waals surface area (Å²) in [4.78, 5) is 29.8. The Labute approximate surface area is 175 Å². The lowest BCUT2D eigenvalue weighted by atomic mass is 9.86. The highest BCUT2D eigenvalue weighted by atomic mass is 16.5. The number of hydrogen-bond acceptors (Lipinski definition) is 5. The maximum Gasteiger partial charge on any atom is 0.339 e. The number of pyridine rings is 1. The molecule has 2 unspecified atom stereocenters. The molecule has 1 N–H and O–H groups in total. The third kappa shape index (κ3) is 4.37. The quantitative estimate of drug-likeness (QED) is 0.624. The minimum absolute atomic E-state index is 0.153. The monoisotopic (exact) mass is 406 g/mol. The number of nitrogens with zero attached hydrogens (tertiary/aromatic N) is 1. The lowest BCUT2D eigenvalue weighted by Gasteiger charge is -2.29. The Morgan fingerprint density at radius 2 is 1.97 bits per heavy atom. The van der Waals surface area contributed by atoms with Crippen molar-refractivity contribution < 1.29 is 18.7 Å². The van der Waals surface area contributed by atoms with Gasteiger partial charge in [0.05, 0.1) is 11.1 Å². The molecule has 6 heteroatoms. The molecular formula is C24H26N2O4. The van der Waals surface area contributed by atoms with E-state index >= 15 is 0 Å². The molecule has 1 aliphatic rings. The number of benzene rings is 1. The molecule has 0 spiro atoms. The molecule has 3 aromatic rings. The van der Waals surface area contributed by atoms with E-state index < -0.39 is 5.97 Å². The van der Waals surface area contributed by atoms with E-state index in [2.05, 4.69) is 17.2 Å². The Hall–Kier alpha value is -3.15. The molecule has 156 valence electrons. The van der Waals surface area contributed by atoms with Crippen LogP contribution in [0.1, 0.15) is 48.7 Å². The summed E-state index contributed by atoms with van der Waals surface area (Å²) in [5.41, 5.74) is 1.58. The molecule has 4 rings (SSSR count). The molecule has 0 radical (unpaired) electrons. The van der Waals surface area contributed by atoms with Crippen LogP contribution in [0.4, 0.5) is 0 Å². The van der Waals surface area contributed by atoms with E-state index in [0.717, 1.165) is 25.0 Å². The van der Waals surface area contributed by atoms with Crippen LogP contribution in [-0.4, -0.2) is 29.5 Å². The van der Waals surface area contributed by atoms with E-state index in [1.807, 2.05) is 43.3 Å². The van der Waals surface area contributed by atoms with Gasteiger partial charge in [0.2, 0.25) is 0 Å². The van der Waals surface area contributed by atoms with Crippen LogP contribution in [0, 0.1) is 12.8 Å². The van der Waals surface area contributed by atoms with Crippen LogP contribution in [0.2, 0.25) is 0 Å². The maximum absolute atomic E-state index is 12.8. The molecule has 2 heterocycles. The van der Waals surface area contributed by atoms with Gasteiger partial charge in [-0.15, -0.1) is 0 Å². The van der Waals surface area contributed by atoms with Gasteiger partial charge in [-0.05, 0) is 49.9 Å². The number of carbonyl (C=O) groups is 2. The minimum Gasteiger partial charge on any atom is -0.460 e. The fraction of sp³-hybridized carbons (Fsp3) is 0.375. The normalized spacial score (nSPS) is 18.9. The molecule has 1 fully saturated rings. The summed E-state index contributed by atoms with van der Waals surface area (Å²) in [7, 11) is 0. The zero-order chi connectivity index (χ0) is 21.1. The largest absolute Gasteiger partial charge is 0.460 e. The second kappa shape index (κ2) is 8.69. The lowest BCUT2D eigenvalue weighted by Crippen LogP contribution is -2.42. The third-order valence-electron chi connectivity index (χ3n) is 5.72. The van der Waals surface area contributed by atoms with Crippen LogP contribution < -0.4 is 5.32 Å². The number of aromatic nitrogens is 1. The van der Waals surface area contributed by atoms with E-state index in [1.165, 1.54) is 6.42 Å². The average Bonchev–Trinajstić information content (AvgIpc) is 3.19. The highest BCUT2D eigenvalue weighted by Gasteiger charge is 2.23. The van der Waals surface area contributed by atoms with E-state index in [0.29, 0.717) is 33.8 Å². The Kier molecular flexibility index (Phi) is 5.84. The second-order valence-electron chi connectivity index (χ2n) is 7.99. The number of rotatable bonds is 5. The maximum atomic E-state index is 12.8. The number of amides is 1. The first-order valence-corrected chi connectivity index (χ1v) is 10.4. The molecule has 2 aromatic heterocycles. The third-order valence-corrected chi connectivity index (χ3v) is 5.72. The summed E-state index contributed by atoms with van der Waals surface area (Å²) >= 11 is 0. The first-order chi connectivity index (χ1) is 14.5. The predicted molar refractivity (Wildman–Crippen MR) is 114 cm³/mol. The molecule has 0 saturated heterocycles. The van der Waals surface area contributed by atoms with Crippen LogP contribution in [0.3, 0.4) is 0 Å². The molecule has 6 nitrogen and oxygen atoms in total. The SMILES string of the molecule is Cc1ccc(-c2cc(C(=O)OCC(=O)NC3CCCCC3C)c3ccccc3n2)o1. The first kappa shape index (κ1) is 20.1. The first-order valence-electron chi connectivity index (χ1n) is 10.4. The Morgan fingerprint density at radius 1 is 1.17 bits per heavy atom. The zero-order valence-electron chi connectivity index (χ0n) is 17.3. The number of hydrogen-bond donors (Lipinski definition) is 1. The number of nitrogens with one attached hydrogen (secondary N) is 1. The Balaban J connectivity index is 1.51. The summed E-state index contributed by atoms with van der Waals surface area (Å²) in [6, 6.07) is 12.8. The van der Waals surface area contributed by atoms with Crippen molar-refractivity contribution in [2.24, 2.45) is 5.92 Å². The fourth-order valence-corrected chi connectivity index (χ4v) is 4.03. The van der Waals surface area contributed by atoms with Gasteiger partial charge in [0, 0.05) is 11.4 Å². The molecule has 1 saturated carbocycles. The lowest BCUT2D eigenvalue weighted by molar-refractivity contribution is -0.125. The van der Waals surface area contributed by atoms with Gasteiger partial charge < -0.3 is 14.5 Å². The Bertz CT molecular complexity index is 1070. The van der Waals surface area contributed by atoms with Crippen molar-refractivity contribution in [3.05, 3.63) is 53.8 Å². The number of para-hydroxylation sites is 1. The number of carbonyl (C=O) groups excluding carboxylic acids is 2. The molecule has 0 aliphatic heterocycles.